The van der Waals surface area contributed by atoms with Crippen molar-refractivity contribution >= 4 is 12.1 Å². The van der Waals surface area contributed by atoms with Crippen LogP contribution in [-0.4, -0.2) is 29.9 Å². The third-order valence-electron chi connectivity index (χ3n) is 13.5. The van der Waals surface area contributed by atoms with Gasteiger partial charge in [-0.3, -0.25) is 4.57 Å². The Balaban J connectivity index is 1.61. The molecule has 4 unspecified atom stereocenters. The first kappa shape index (κ1) is 48.7. The summed E-state index contributed by atoms with van der Waals surface area (Å²) in [6.45, 7) is 41.1. The zero-order valence-electron chi connectivity index (χ0n) is 39.6. The van der Waals surface area contributed by atoms with Crippen LogP contribution >= 0.6 is 12.1 Å². The van der Waals surface area contributed by atoms with Crippen LogP contribution in [0, 0.1) is 39.9 Å². The van der Waals surface area contributed by atoms with Crippen molar-refractivity contribution in [3.63, 3.8) is 0 Å². The van der Waals surface area contributed by atoms with Gasteiger partial charge in [-0.1, -0.05) is 138 Å². The van der Waals surface area contributed by atoms with Gasteiger partial charge in [0.15, 0.2) is 0 Å². The zero-order chi connectivity index (χ0) is 44.9. The van der Waals surface area contributed by atoms with E-state index in [9.17, 15) is 3.89 Å². The van der Waals surface area contributed by atoms with E-state index in [4.69, 9.17) is 19.2 Å². The Labute approximate surface area is 367 Å². The summed E-state index contributed by atoms with van der Waals surface area (Å²) in [7, 11) is 1.73. The van der Waals surface area contributed by atoms with Crippen LogP contribution < -0.4 is 4.74 Å². The average molecular weight is 839 g/mol. The minimum absolute atomic E-state index is 0.0662. The summed E-state index contributed by atoms with van der Waals surface area (Å²) in [6, 6.07) is 25.0. The third-order valence-corrected chi connectivity index (χ3v) is 14.1. The number of hydrogen-bond donors (Lipinski definition) is 0. The molecule has 0 aliphatic carbocycles. The van der Waals surface area contributed by atoms with E-state index in [1.54, 1.807) is 13.3 Å². The fourth-order valence-electron chi connectivity index (χ4n) is 9.04. The summed E-state index contributed by atoms with van der Waals surface area (Å²) >= 11 is 0.317. The second-order valence-corrected chi connectivity index (χ2v) is 22.1. The third kappa shape index (κ3) is 11.1. The second kappa shape index (κ2) is 19.0. The minimum Gasteiger partial charge on any atom is -0.501 e. The lowest BCUT2D eigenvalue weighted by Crippen LogP contribution is -2.42. The molecule has 0 aliphatic heterocycles. The average Bonchev–Trinajstić information content (AvgIpc) is 3.67. The molecular formula is C53H75FN2O3S. The number of ether oxygens (including phenoxy) is 3. The Kier molecular flexibility index (Phi) is 15.4. The van der Waals surface area contributed by atoms with Crippen LogP contribution in [0.1, 0.15) is 132 Å². The molecule has 0 N–H and O–H groups in total. The van der Waals surface area contributed by atoms with Gasteiger partial charge in [0, 0.05) is 34.5 Å². The lowest BCUT2D eigenvalue weighted by Gasteiger charge is -2.50. The van der Waals surface area contributed by atoms with Gasteiger partial charge in [0.2, 0.25) is 0 Å². The Morgan fingerprint density at radius 2 is 1.45 bits per heavy atom. The Bertz CT molecular complexity index is 2060. The number of halogens is 1. The number of imidazole rings is 1. The number of benzene rings is 3. The molecule has 0 radical (unpaired) electrons. The van der Waals surface area contributed by atoms with Crippen LogP contribution in [0.3, 0.4) is 0 Å². The molecule has 60 heavy (non-hydrogen) atoms. The van der Waals surface area contributed by atoms with Gasteiger partial charge in [-0.15, -0.1) is 0 Å². The minimum atomic E-state index is -0.852. The lowest BCUT2D eigenvalue weighted by atomic mass is 9.56. The van der Waals surface area contributed by atoms with Gasteiger partial charge in [0.1, 0.15) is 24.8 Å². The molecule has 0 spiro atoms. The van der Waals surface area contributed by atoms with Crippen molar-refractivity contribution in [1.29, 1.82) is 0 Å². The molecule has 0 bridgehead atoms. The molecule has 328 valence electrons. The highest BCUT2D eigenvalue weighted by molar-refractivity contribution is 7.95. The van der Waals surface area contributed by atoms with Crippen molar-refractivity contribution in [1.82, 2.24) is 9.55 Å². The first-order valence-corrected chi connectivity index (χ1v) is 22.3. The summed E-state index contributed by atoms with van der Waals surface area (Å²) in [5.74, 6) is 3.46. The molecule has 1 aromatic heterocycles. The topological polar surface area (TPSA) is 45.5 Å². The number of nitrogens with zero attached hydrogens (tertiary/aromatic N) is 2. The van der Waals surface area contributed by atoms with E-state index in [1.165, 1.54) is 5.56 Å². The maximum absolute atomic E-state index is 14.6. The standard InChI is InChI=1S/C53H75FN2O3S/c1-37-23-21-22-26-46(37)56-30-29-55-47(56)43-28-27-42(33-44(43)51(13,14)60-54)59-32-31-58-39(3)52(15,38(2)34-53(16,40(4)57-17)49(8,9)10)36-50(11,12)35-45(48(5,6)7)41-24-19-18-20-25-41/h18-30,33,38,45H,3-4,31-32,34-36H2,1-2,5-17H3. The zero-order valence-corrected chi connectivity index (χ0v) is 40.4. The smallest absolute Gasteiger partial charge is 0.144 e. The Hall–Kier alpha value is -3.97. The summed E-state index contributed by atoms with van der Waals surface area (Å²) in [5.41, 5.74) is 4.37. The lowest BCUT2D eigenvalue weighted by molar-refractivity contribution is -0.00480. The molecule has 5 nitrogen and oxygen atoms in total. The molecule has 4 aromatic rings. The van der Waals surface area contributed by atoms with Gasteiger partial charge in [0.05, 0.1) is 35.5 Å². The van der Waals surface area contributed by atoms with E-state index in [0.717, 1.165) is 59.0 Å². The van der Waals surface area contributed by atoms with Crippen molar-refractivity contribution in [2.45, 2.75) is 127 Å². The summed E-state index contributed by atoms with van der Waals surface area (Å²) in [6.07, 6.45) is 6.46. The Morgan fingerprint density at radius 1 is 0.817 bits per heavy atom. The first-order chi connectivity index (χ1) is 27.8. The van der Waals surface area contributed by atoms with E-state index in [-0.39, 0.29) is 27.6 Å². The number of hydrogen-bond acceptors (Lipinski definition) is 5. The highest BCUT2D eigenvalue weighted by Gasteiger charge is 2.49. The van der Waals surface area contributed by atoms with Gasteiger partial charge < -0.3 is 14.2 Å². The molecule has 0 fully saturated rings. The number of para-hydroxylation sites is 1. The molecule has 0 amide bonds. The number of methoxy groups -OCH3 is 1. The molecule has 0 aliphatic rings. The van der Waals surface area contributed by atoms with Gasteiger partial charge in [-0.25, -0.2) is 4.98 Å². The van der Waals surface area contributed by atoms with E-state index >= 15 is 0 Å². The van der Waals surface area contributed by atoms with Gasteiger partial charge in [0.25, 0.3) is 0 Å². The van der Waals surface area contributed by atoms with Crippen LogP contribution in [0.4, 0.5) is 3.89 Å². The molecule has 4 atom stereocenters. The summed E-state index contributed by atoms with van der Waals surface area (Å²) in [5, 5.41) is 0. The van der Waals surface area contributed by atoms with Crippen molar-refractivity contribution in [3.05, 3.63) is 127 Å². The molecule has 1 heterocycles. The number of aryl methyl sites for hydroxylation is 1. The van der Waals surface area contributed by atoms with E-state index in [0.29, 0.717) is 37.0 Å². The molecule has 3 aromatic carbocycles. The van der Waals surface area contributed by atoms with Crippen molar-refractivity contribution in [3.8, 4) is 22.8 Å². The fraction of sp³-hybridized carbons (Fsp3) is 0.528. The van der Waals surface area contributed by atoms with Crippen LogP contribution in [0.2, 0.25) is 0 Å². The van der Waals surface area contributed by atoms with E-state index in [2.05, 4.69) is 143 Å². The van der Waals surface area contributed by atoms with Crippen molar-refractivity contribution in [2.75, 3.05) is 20.3 Å². The summed E-state index contributed by atoms with van der Waals surface area (Å²) < 4.78 is 34.8. The number of rotatable bonds is 20. The van der Waals surface area contributed by atoms with Crippen LogP contribution in [-0.2, 0) is 14.2 Å². The molecule has 7 heteroatoms. The largest absolute Gasteiger partial charge is 0.501 e. The van der Waals surface area contributed by atoms with Crippen LogP contribution in [0.15, 0.2) is 110 Å². The monoisotopic (exact) mass is 839 g/mol. The number of aromatic nitrogens is 2. The van der Waals surface area contributed by atoms with E-state index in [1.807, 2.05) is 50.4 Å². The van der Waals surface area contributed by atoms with Crippen LogP contribution in [0.25, 0.3) is 17.1 Å². The Morgan fingerprint density at radius 3 is 2.03 bits per heavy atom. The second-order valence-electron chi connectivity index (χ2n) is 20.9. The van der Waals surface area contributed by atoms with Crippen molar-refractivity contribution < 1.29 is 18.1 Å². The molecule has 0 saturated heterocycles. The predicted molar refractivity (Wildman–Crippen MR) is 253 cm³/mol. The molecular weight excluding hydrogens is 764 g/mol. The van der Waals surface area contributed by atoms with Crippen LogP contribution in [0.5, 0.6) is 5.75 Å². The van der Waals surface area contributed by atoms with Gasteiger partial charge in [-0.2, -0.15) is 3.89 Å². The normalized spacial score (nSPS) is 15.7. The van der Waals surface area contributed by atoms with Gasteiger partial charge >= 0.3 is 0 Å². The maximum atomic E-state index is 14.6. The highest BCUT2D eigenvalue weighted by atomic mass is 32.2. The highest BCUT2D eigenvalue weighted by Crippen LogP contribution is 2.56. The maximum Gasteiger partial charge on any atom is 0.144 e. The summed E-state index contributed by atoms with van der Waals surface area (Å²) in [4.78, 5) is 4.74. The number of allylic oxidation sites excluding steroid dienone is 2. The predicted octanol–water partition coefficient (Wildman–Crippen LogP) is 15.5. The van der Waals surface area contributed by atoms with E-state index < -0.39 is 10.2 Å². The first-order valence-electron chi connectivity index (χ1n) is 21.6. The molecule has 4 rings (SSSR count). The quantitative estimate of drug-likeness (QED) is 0.0655. The molecule has 0 saturated carbocycles. The van der Waals surface area contributed by atoms with Crippen molar-refractivity contribution in [2.24, 2.45) is 33.0 Å². The van der Waals surface area contributed by atoms with Gasteiger partial charge in [-0.05, 0) is 109 Å². The fourth-order valence-corrected chi connectivity index (χ4v) is 9.30. The SMILES string of the molecule is C=C(OCCOc1ccc(-c2nccn2-c2ccccc2C)c(C(C)(C)SF)c1)C(C)(CC(C)(C)CC(c1ccccc1)C(C)(C)C)C(C)CC(C)(C(=C)OC)C(C)(C)C.